The van der Waals surface area contributed by atoms with Crippen LogP contribution in [0.2, 0.25) is 5.02 Å². The van der Waals surface area contributed by atoms with Gasteiger partial charge in [0, 0.05) is 18.9 Å². The number of pyridine rings is 1. The molecule has 1 N–H and O–H groups in total. The summed E-state index contributed by atoms with van der Waals surface area (Å²) in [7, 11) is 1.85. The molecule has 2 aromatic rings. The van der Waals surface area contributed by atoms with Crippen molar-refractivity contribution in [2.75, 3.05) is 11.9 Å². The smallest absolute Gasteiger partial charge is 0.337 e. The van der Waals surface area contributed by atoms with Crippen molar-refractivity contribution in [3.05, 3.63) is 52.2 Å². The maximum Gasteiger partial charge on any atom is 0.337 e. The molecule has 1 heterocycles. The molecule has 0 atom stereocenters. The Morgan fingerprint density at radius 3 is 2.55 bits per heavy atom. The molecular formula is C15H15ClN2O2. The fourth-order valence-electron chi connectivity index (χ4n) is 2.09. The third kappa shape index (κ3) is 2.75. The van der Waals surface area contributed by atoms with Crippen LogP contribution in [0.15, 0.2) is 30.5 Å². The van der Waals surface area contributed by atoms with Crippen molar-refractivity contribution in [2.45, 2.75) is 13.8 Å². The Labute approximate surface area is 122 Å². The van der Waals surface area contributed by atoms with Gasteiger partial charge < -0.3 is 10.0 Å². The summed E-state index contributed by atoms with van der Waals surface area (Å²) in [5.41, 5.74) is 3.34. The molecule has 0 aliphatic heterocycles. The van der Waals surface area contributed by atoms with Crippen molar-refractivity contribution < 1.29 is 9.90 Å². The van der Waals surface area contributed by atoms with E-state index in [1.807, 2.05) is 37.9 Å². The Morgan fingerprint density at radius 1 is 1.30 bits per heavy atom. The number of halogens is 1. The minimum absolute atomic E-state index is 0.0766. The fourth-order valence-corrected chi connectivity index (χ4v) is 2.38. The highest BCUT2D eigenvalue weighted by molar-refractivity contribution is 6.33. The molecule has 0 aliphatic carbocycles. The zero-order valence-corrected chi connectivity index (χ0v) is 12.3. The molecule has 0 saturated carbocycles. The number of aromatic nitrogens is 1. The monoisotopic (exact) mass is 290 g/mol. The molecule has 1 aromatic heterocycles. The average Bonchev–Trinajstić information content (AvgIpc) is 2.37. The first kappa shape index (κ1) is 14.3. The summed E-state index contributed by atoms with van der Waals surface area (Å²) in [6, 6.07) is 7.49. The maximum absolute atomic E-state index is 10.9. The zero-order valence-electron chi connectivity index (χ0n) is 11.5. The van der Waals surface area contributed by atoms with E-state index in [0.29, 0.717) is 10.8 Å². The van der Waals surface area contributed by atoms with Crippen LogP contribution in [0, 0.1) is 13.8 Å². The van der Waals surface area contributed by atoms with E-state index < -0.39 is 5.97 Å². The first-order chi connectivity index (χ1) is 9.40. The predicted molar refractivity (Wildman–Crippen MR) is 80.2 cm³/mol. The fraction of sp³-hybridized carbons (Fsp3) is 0.200. The number of anilines is 2. The normalized spacial score (nSPS) is 10.4. The second kappa shape index (κ2) is 5.51. The van der Waals surface area contributed by atoms with E-state index in [1.165, 1.54) is 17.8 Å². The quantitative estimate of drug-likeness (QED) is 0.934. The van der Waals surface area contributed by atoms with Crippen molar-refractivity contribution in [3.63, 3.8) is 0 Å². The van der Waals surface area contributed by atoms with Gasteiger partial charge in [0.15, 0.2) is 5.82 Å². The number of hydrogen-bond donors (Lipinski definition) is 1. The molecule has 0 spiro atoms. The third-order valence-electron chi connectivity index (χ3n) is 3.10. The van der Waals surface area contributed by atoms with E-state index in [9.17, 15) is 4.79 Å². The summed E-state index contributed by atoms with van der Waals surface area (Å²) in [4.78, 5) is 16.9. The SMILES string of the molecule is Cc1ccc(N(C)c2ncc(C(=O)O)cc2Cl)c(C)c1. The summed E-state index contributed by atoms with van der Waals surface area (Å²) in [6.07, 6.45) is 1.31. The lowest BCUT2D eigenvalue weighted by atomic mass is 10.1. The Morgan fingerprint density at radius 2 is 2.00 bits per heavy atom. The molecule has 1 aromatic carbocycles. The van der Waals surface area contributed by atoms with Gasteiger partial charge in [-0.05, 0) is 31.5 Å². The van der Waals surface area contributed by atoms with Crippen LogP contribution in [0.25, 0.3) is 0 Å². The molecule has 104 valence electrons. The number of carbonyl (C=O) groups is 1. The molecule has 5 heteroatoms. The zero-order chi connectivity index (χ0) is 14.9. The summed E-state index contributed by atoms with van der Waals surface area (Å²) >= 11 is 6.13. The van der Waals surface area contributed by atoms with Crippen LogP contribution in [0.1, 0.15) is 21.5 Å². The molecule has 0 fully saturated rings. The highest BCUT2D eigenvalue weighted by Gasteiger charge is 2.14. The second-order valence-corrected chi connectivity index (χ2v) is 5.09. The van der Waals surface area contributed by atoms with Gasteiger partial charge in [-0.15, -0.1) is 0 Å². The number of carboxylic acid groups (broad SMARTS) is 1. The Balaban J connectivity index is 2.43. The van der Waals surface area contributed by atoms with Crippen LogP contribution < -0.4 is 4.90 Å². The molecule has 20 heavy (non-hydrogen) atoms. The Hall–Kier alpha value is -2.07. The number of benzene rings is 1. The van der Waals surface area contributed by atoms with Crippen LogP contribution >= 0.6 is 11.6 Å². The molecule has 0 unspecified atom stereocenters. The van der Waals surface area contributed by atoms with E-state index in [0.717, 1.165) is 11.3 Å². The van der Waals surface area contributed by atoms with Gasteiger partial charge in [-0.3, -0.25) is 0 Å². The van der Waals surface area contributed by atoms with Crippen LogP contribution in [0.3, 0.4) is 0 Å². The van der Waals surface area contributed by atoms with Gasteiger partial charge in [-0.25, -0.2) is 9.78 Å². The van der Waals surface area contributed by atoms with Crippen LogP contribution in [0.5, 0.6) is 0 Å². The van der Waals surface area contributed by atoms with Crippen molar-refractivity contribution >= 4 is 29.1 Å². The van der Waals surface area contributed by atoms with Gasteiger partial charge >= 0.3 is 5.97 Å². The van der Waals surface area contributed by atoms with E-state index in [2.05, 4.69) is 11.1 Å². The minimum Gasteiger partial charge on any atom is -0.478 e. The van der Waals surface area contributed by atoms with E-state index in [4.69, 9.17) is 16.7 Å². The topological polar surface area (TPSA) is 53.4 Å². The number of carboxylic acids is 1. The Bertz CT molecular complexity index is 671. The average molecular weight is 291 g/mol. The minimum atomic E-state index is -1.04. The van der Waals surface area contributed by atoms with Gasteiger partial charge in [0.25, 0.3) is 0 Å². The number of nitrogens with zero attached hydrogens (tertiary/aromatic N) is 2. The maximum atomic E-state index is 10.9. The van der Waals surface area contributed by atoms with Crippen molar-refractivity contribution in [3.8, 4) is 0 Å². The lowest BCUT2D eigenvalue weighted by molar-refractivity contribution is 0.0696. The highest BCUT2D eigenvalue weighted by atomic mass is 35.5. The van der Waals surface area contributed by atoms with E-state index in [1.54, 1.807) is 0 Å². The van der Waals surface area contributed by atoms with E-state index in [-0.39, 0.29) is 5.56 Å². The first-order valence-corrected chi connectivity index (χ1v) is 6.47. The Kier molecular flexibility index (Phi) is 3.95. The van der Waals surface area contributed by atoms with Gasteiger partial charge in [-0.2, -0.15) is 0 Å². The van der Waals surface area contributed by atoms with Gasteiger partial charge in [0.05, 0.1) is 10.6 Å². The largest absolute Gasteiger partial charge is 0.478 e. The molecule has 0 saturated heterocycles. The molecule has 0 amide bonds. The standard InChI is InChI=1S/C15H15ClN2O2/c1-9-4-5-13(10(2)6-9)18(3)14-12(16)7-11(8-17-14)15(19)20/h4-8H,1-3H3,(H,19,20). The highest BCUT2D eigenvalue weighted by Crippen LogP contribution is 2.31. The lowest BCUT2D eigenvalue weighted by Crippen LogP contribution is -2.13. The summed E-state index contributed by atoms with van der Waals surface area (Å²) in [6.45, 7) is 4.04. The number of rotatable bonds is 3. The lowest BCUT2D eigenvalue weighted by Gasteiger charge is -2.22. The molecule has 0 radical (unpaired) electrons. The van der Waals surface area contributed by atoms with Gasteiger partial charge in [0.1, 0.15) is 0 Å². The van der Waals surface area contributed by atoms with Crippen molar-refractivity contribution in [1.82, 2.24) is 4.98 Å². The summed E-state index contributed by atoms with van der Waals surface area (Å²) in [5.74, 6) is -0.510. The molecule has 0 aliphatic rings. The molecule has 4 nitrogen and oxygen atoms in total. The van der Waals surface area contributed by atoms with Gasteiger partial charge in [0.2, 0.25) is 0 Å². The van der Waals surface area contributed by atoms with Crippen molar-refractivity contribution in [1.29, 1.82) is 0 Å². The second-order valence-electron chi connectivity index (χ2n) is 4.68. The summed E-state index contributed by atoms with van der Waals surface area (Å²) < 4.78 is 0. The number of aryl methyl sites for hydroxylation is 2. The summed E-state index contributed by atoms with van der Waals surface area (Å²) in [5, 5.41) is 9.23. The van der Waals surface area contributed by atoms with Gasteiger partial charge in [-0.1, -0.05) is 29.3 Å². The number of hydrogen-bond acceptors (Lipinski definition) is 3. The van der Waals surface area contributed by atoms with E-state index >= 15 is 0 Å². The van der Waals surface area contributed by atoms with Crippen molar-refractivity contribution in [2.24, 2.45) is 0 Å². The first-order valence-electron chi connectivity index (χ1n) is 6.10. The predicted octanol–water partition coefficient (Wildman–Crippen LogP) is 3.82. The third-order valence-corrected chi connectivity index (χ3v) is 3.38. The molecule has 2 rings (SSSR count). The molecule has 0 bridgehead atoms. The molecular weight excluding hydrogens is 276 g/mol. The van der Waals surface area contributed by atoms with Crippen LogP contribution in [-0.2, 0) is 0 Å². The number of aromatic carboxylic acids is 1. The van der Waals surface area contributed by atoms with Crippen LogP contribution in [-0.4, -0.2) is 23.1 Å². The van der Waals surface area contributed by atoms with Crippen LogP contribution in [0.4, 0.5) is 11.5 Å².